The number of hydrogen-bond acceptors (Lipinski definition) is 4. The average Bonchev–Trinajstić information content (AvgIpc) is 2.23. The highest BCUT2D eigenvalue weighted by molar-refractivity contribution is 6.66. The van der Waals surface area contributed by atoms with Gasteiger partial charge in [0.25, 0.3) is 0 Å². The smallest absolute Gasteiger partial charge is 0.426 e. The van der Waals surface area contributed by atoms with Crippen LogP contribution in [0, 0.1) is 0 Å². The van der Waals surface area contributed by atoms with Gasteiger partial charge in [0.2, 0.25) is 0 Å². The second-order valence-electron chi connectivity index (χ2n) is 2.70. The normalized spacial score (nSPS) is 11.0. The molecule has 0 aromatic heterocycles. The molecule has 0 aliphatic carbocycles. The summed E-state index contributed by atoms with van der Waals surface area (Å²) < 4.78 is 19.8. The van der Waals surface area contributed by atoms with Crippen molar-refractivity contribution in [2.45, 2.75) is 20.0 Å². The molecule has 0 saturated carbocycles. The molecule has 0 saturated heterocycles. The van der Waals surface area contributed by atoms with Crippen molar-refractivity contribution >= 4 is 19.3 Å². The Labute approximate surface area is 91.1 Å². The van der Waals surface area contributed by atoms with Gasteiger partial charge in [-0.15, -0.1) is 0 Å². The molecule has 0 unspecified atom stereocenters. The van der Waals surface area contributed by atoms with Crippen LogP contribution in [0.3, 0.4) is 0 Å². The van der Waals surface area contributed by atoms with Gasteiger partial charge in [0.1, 0.15) is 10.5 Å². The van der Waals surface area contributed by atoms with E-state index in [2.05, 4.69) is 6.58 Å². The monoisotopic (exact) mass is 238 g/mol. The SMILES string of the molecule is C=C[Si](OC)(OC)OC.CC(C)O[SiH3]. The van der Waals surface area contributed by atoms with Gasteiger partial charge in [-0.05, 0) is 19.5 Å². The zero-order valence-electron chi connectivity index (χ0n) is 9.99. The van der Waals surface area contributed by atoms with Crippen LogP contribution in [0.25, 0.3) is 0 Å². The van der Waals surface area contributed by atoms with E-state index in [1.807, 2.05) is 13.8 Å². The maximum atomic E-state index is 4.96. The van der Waals surface area contributed by atoms with Crippen molar-refractivity contribution in [3.8, 4) is 0 Å². The predicted molar refractivity (Wildman–Crippen MR) is 63.1 cm³/mol. The third-order valence-corrected chi connectivity index (χ3v) is 4.72. The highest BCUT2D eigenvalue weighted by Crippen LogP contribution is 2.04. The van der Waals surface area contributed by atoms with E-state index in [0.29, 0.717) is 6.10 Å². The van der Waals surface area contributed by atoms with Crippen LogP contribution in [0.4, 0.5) is 0 Å². The topological polar surface area (TPSA) is 36.9 Å². The molecule has 4 nitrogen and oxygen atoms in total. The summed E-state index contributed by atoms with van der Waals surface area (Å²) in [4.78, 5) is 0. The minimum atomic E-state index is -2.43. The summed E-state index contributed by atoms with van der Waals surface area (Å²) in [5.41, 5.74) is 1.58. The lowest BCUT2D eigenvalue weighted by Crippen LogP contribution is -2.40. The Morgan fingerprint density at radius 1 is 1.14 bits per heavy atom. The second-order valence-corrected chi connectivity index (χ2v) is 6.02. The lowest BCUT2D eigenvalue weighted by atomic mass is 10.5. The fourth-order valence-electron chi connectivity index (χ4n) is 0.500. The Hall–Kier alpha value is 0.0138. The quantitative estimate of drug-likeness (QED) is 0.645. The van der Waals surface area contributed by atoms with Crippen molar-refractivity contribution in [2.24, 2.45) is 0 Å². The maximum absolute atomic E-state index is 4.96. The van der Waals surface area contributed by atoms with E-state index in [-0.39, 0.29) is 0 Å². The van der Waals surface area contributed by atoms with Crippen LogP contribution in [-0.4, -0.2) is 46.7 Å². The van der Waals surface area contributed by atoms with Crippen LogP contribution in [-0.2, 0) is 17.7 Å². The summed E-state index contributed by atoms with van der Waals surface area (Å²) in [6.45, 7) is 7.60. The molecule has 14 heavy (non-hydrogen) atoms. The Morgan fingerprint density at radius 3 is 1.43 bits per heavy atom. The maximum Gasteiger partial charge on any atom is 0.528 e. The fourth-order valence-corrected chi connectivity index (χ4v) is 1.50. The lowest BCUT2D eigenvalue weighted by molar-refractivity contribution is 0.138. The van der Waals surface area contributed by atoms with Crippen LogP contribution < -0.4 is 0 Å². The van der Waals surface area contributed by atoms with Gasteiger partial charge in [-0.1, -0.05) is 6.58 Å². The van der Waals surface area contributed by atoms with Crippen molar-refractivity contribution in [1.29, 1.82) is 0 Å². The fraction of sp³-hybridized carbons (Fsp3) is 0.750. The molecule has 0 radical (unpaired) electrons. The molecule has 0 rings (SSSR count). The van der Waals surface area contributed by atoms with Crippen molar-refractivity contribution in [3.05, 3.63) is 12.3 Å². The molecule has 0 bridgehead atoms. The van der Waals surface area contributed by atoms with Gasteiger partial charge in [0.15, 0.2) is 0 Å². The zero-order valence-corrected chi connectivity index (χ0v) is 13.0. The first-order valence-electron chi connectivity index (χ1n) is 4.33. The van der Waals surface area contributed by atoms with Gasteiger partial charge in [0, 0.05) is 27.4 Å². The van der Waals surface area contributed by atoms with Crippen molar-refractivity contribution < 1.29 is 17.7 Å². The van der Waals surface area contributed by atoms with Gasteiger partial charge in [0.05, 0.1) is 0 Å². The molecule has 0 atom stereocenters. The van der Waals surface area contributed by atoms with Gasteiger partial charge in [-0.2, -0.15) is 0 Å². The molecule has 0 aromatic rings. The van der Waals surface area contributed by atoms with Gasteiger partial charge in [-0.3, -0.25) is 0 Å². The van der Waals surface area contributed by atoms with Crippen LogP contribution in [0.15, 0.2) is 12.3 Å². The van der Waals surface area contributed by atoms with Crippen molar-refractivity contribution in [3.63, 3.8) is 0 Å². The minimum absolute atomic E-state index is 0.446. The van der Waals surface area contributed by atoms with E-state index < -0.39 is 8.80 Å². The number of hydrogen-bond donors (Lipinski definition) is 0. The molecule has 0 fully saturated rings. The summed E-state index contributed by atoms with van der Waals surface area (Å²) >= 11 is 0. The molecule has 0 N–H and O–H groups in total. The summed E-state index contributed by atoms with van der Waals surface area (Å²) in [5, 5.41) is 0. The molecule has 86 valence electrons. The Kier molecular flexibility index (Phi) is 11.2. The van der Waals surface area contributed by atoms with Crippen molar-refractivity contribution in [2.75, 3.05) is 21.3 Å². The summed E-state index contributed by atoms with van der Waals surface area (Å²) in [7, 11) is 3.07. The van der Waals surface area contributed by atoms with Crippen LogP contribution >= 0.6 is 0 Å². The van der Waals surface area contributed by atoms with Crippen LogP contribution in [0.5, 0.6) is 0 Å². The predicted octanol–water partition coefficient (Wildman–Crippen LogP) is 0.281. The minimum Gasteiger partial charge on any atom is -0.426 e. The highest BCUT2D eigenvalue weighted by atomic mass is 28.4. The standard InChI is InChI=1S/C5H12O3Si.C3H10OSi/c1-5-9(6-2,7-3)8-4;1-3(2)4-5/h5H,1H2,2-4H3;3H,1-2,5H3. The van der Waals surface area contributed by atoms with E-state index >= 15 is 0 Å². The molecule has 0 spiro atoms. The molecular formula is C8H22O4Si2. The molecule has 0 aliphatic heterocycles. The first-order chi connectivity index (χ1) is 6.51. The van der Waals surface area contributed by atoms with E-state index in [9.17, 15) is 0 Å². The molecule has 0 aliphatic rings. The Morgan fingerprint density at radius 2 is 1.43 bits per heavy atom. The first kappa shape index (κ1) is 16.4. The zero-order chi connectivity index (χ0) is 11.6. The Bertz CT molecular complexity index is 129. The summed E-state index contributed by atoms with van der Waals surface area (Å²) in [6, 6.07) is 0. The molecule has 0 amide bonds. The van der Waals surface area contributed by atoms with Crippen LogP contribution in [0.2, 0.25) is 0 Å². The molecular weight excluding hydrogens is 216 g/mol. The van der Waals surface area contributed by atoms with Gasteiger partial charge >= 0.3 is 8.80 Å². The number of rotatable bonds is 5. The lowest BCUT2D eigenvalue weighted by Gasteiger charge is -2.19. The van der Waals surface area contributed by atoms with Crippen LogP contribution in [0.1, 0.15) is 13.8 Å². The second kappa shape index (κ2) is 9.56. The highest BCUT2D eigenvalue weighted by Gasteiger charge is 2.33. The molecule has 0 heterocycles. The average molecular weight is 238 g/mol. The van der Waals surface area contributed by atoms with Gasteiger partial charge in [-0.25, -0.2) is 0 Å². The van der Waals surface area contributed by atoms with E-state index in [1.54, 1.807) is 27.0 Å². The van der Waals surface area contributed by atoms with Gasteiger partial charge < -0.3 is 17.7 Å². The summed E-state index contributed by atoms with van der Waals surface area (Å²) in [5.74, 6) is 0. The van der Waals surface area contributed by atoms with E-state index in [4.69, 9.17) is 17.7 Å². The van der Waals surface area contributed by atoms with E-state index in [0.717, 1.165) is 10.5 Å². The third-order valence-electron chi connectivity index (χ3n) is 1.57. The molecule has 0 aromatic carbocycles. The van der Waals surface area contributed by atoms with Crippen molar-refractivity contribution in [1.82, 2.24) is 0 Å². The molecule has 6 heteroatoms. The Balaban J connectivity index is 0. The van der Waals surface area contributed by atoms with E-state index in [1.165, 1.54) is 0 Å². The first-order valence-corrected chi connectivity index (χ1v) is 6.95. The summed E-state index contributed by atoms with van der Waals surface area (Å²) in [6.07, 6.45) is 0.446. The third kappa shape index (κ3) is 7.42. The largest absolute Gasteiger partial charge is 0.528 e.